The fraction of sp³-hybridized carbons (Fsp3) is 0.400. The lowest BCUT2D eigenvalue weighted by molar-refractivity contribution is -0.122. The minimum Gasteiger partial charge on any atom is -0.349 e. The van der Waals surface area contributed by atoms with Gasteiger partial charge in [0, 0.05) is 17.1 Å². The van der Waals surface area contributed by atoms with Gasteiger partial charge in [0.2, 0.25) is 5.91 Å². The molecule has 1 aromatic carbocycles. The SMILES string of the molecule is O=C(CC[C@@H]1NC(=O)NC1=O)N[C@@H]1CCSc2c(F)cccc21. The third kappa shape index (κ3) is 3.47. The number of thioether (sulfide) groups is 1. The van der Waals surface area contributed by atoms with Crippen molar-refractivity contribution in [3.63, 3.8) is 0 Å². The lowest BCUT2D eigenvalue weighted by Crippen LogP contribution is -2.34. The molecule has 2 aliphatic rings. The zero-order chi connectivity index (χ0) is 16.4. The highest BCUT2D eigenvalue weighted by Crippen LogP contribution is 2.37. The monoisotopic (exact) mass is 337 g/mol. The van der Waals surface area contributed by atoms with E-state index >= 15 is 0 Å². The van der Waals surface area contributed by atoms with Gasteiger partial charge in [0.1, 0.15) is 11.9 Å². The fourth-order valence-corrected chi connectivity index (χ4v) is 3.88. The molecule has 0 aliphatic carbocycles. The molecule has 1 aromatic rings. The van der Waals surface area contributed by atoms with Crippen molar-refractivity contribution in [2.24, 2.45) is 0 Å². The van der Waals surface area contributed by atoms with Gasteiger partial charge >= 0.3 is 6.03 Å². The number of imide groups is 1. The molecule has 3 rings (SSSR count). The molecule has 0 radical (unpaired) electrons. The van der Waals surface area contributed by atoms with Crippen molar-refractivity contribution in [1.82, 2.24) is 16.0 Å². The van der Waals surface area contributed by atoms with Crippen LogP contribution in [0.4, 0.5) is 9.18 Å². The first-order valence-electron chi connectivity index (χ1n) is 7.36. The van der Waals surface area contributed by atoms with Crippen LogP contribution >= 0.6 is 11.8 Å². The highest BCUT2D eigenvalue weighted by atomic mass is 32.2. The number of nitrogens with one attached hydrogen (secondary N) is 3. The Kier molecular flexibility index (Phi) is 4.51. The summed E-state index contributed by atoms with van der Waals surface area (Å²) in [6.45, 7) is 0. The van der Waals surface area contributed by atoms with Crippen LogP contribution in [0.15, 0.2) is 23.1 Å². The molecule has 2 atom stereocenters. The van der Waals surface area contributed by atoms with E-state index in [-0.39, 0.29) is 30.6 Å². The van der Waals surface area contributed by atoms with Gasteiger partial charge < -0.3 is 10.6 Å². The van der Waals surface area contributed by atoms with Gasteiger partial charge in [-0.25, -0.2) is 9.18 Å². The number of carbonyl (C=O) groups is 3. The number of rotatable bonds is 4. The van der Waals surface area contributed by atoms with Crippen molar-refractivity contribution in [3.05, 3.63) is 29.6 Å². The molecule has 2 aliphatic heterocycles. The van der Waals surface area contributed by atoms with Gasteiger partial charge in [-0.3, -0.25) is 14.9 Å². The van der Waals surface area contributed by atoms with Gasteiger partial charge in [0.05, 0.1) is 6.04 Å². The molecule has 3 N–H and O–H groups in total. The standard InChI is InChI=1S/C15H16FN3O3S/c16-9-3-1-2-8-10(6-7-23-13(8)9)17-12(20)5-4-11-14(21)19-15(22)18-11/h1-3,10-11H,4-7H2,(H,17,20)(H2,18,19,21,22)/t10-,11+/m1/s1. The first-order chi connectivity index (χ1) is 11.0. The van der Waals surface area contributed by atoms with Crippen LogP contribution in [0.3, 0.4) is 0 Å². The summed E-state index contributed by atoms with van der Waals surface area (Å²) in [5.74, 6) is -0.160. The third-order valence-corrected chi connectivity index (χ3v) is 5.04. The maximum atomic E-state index is 13.8. The third-order valence-electron chi connectivity index (χ3n) is 3.88. The number of hydrogen-bond acceptors (Lipinski definition) is 4. The van der Waals surface area contributed by atoms with Crippen molar-refractivity contribution in [2.45, 2.75) is 36.2 Å². The molecule has 0 unspecified atom stereocenters. The largest absolute Gasteiger partial charge is 0.349 e. The van der Waals surface area contributed by atoms with Gasteiger partial charge in [-0.2, -0.15) is 0 Å². The van der Waals surface area contributed by atoms with Crippen molar-refractivity contribution in [1.29, 1.82) is 0 Å². The van der Waals surface area contributed by atoms with Crippen LogP contribution in [0.2, 0.25) is 0 Å². The van der Waals surface area contributed by atoms with Crippen LogP contribution in [0.5, 0.6) is 0 Å². The van der Waals surface area contributed by atoms with Crippen LogP contribution in [0, 0.1) is 5.82 Å². The Hall–Kier alpha value is -2.09. The molecule has 122 valence electrons. The van der Waals surface area contributed by atoms with Crippen molar-refractivity contribution >= 4 is 29.6 Å². The summed E-state index contributed by atoms with van der Waals surface area (Å²) in [6.07, 6.45) is 1.08. The van der Waals surface area contributed by atoms with Crippen LogP contribution in [0.25, 0.3) is 0 Å². The molecular formula is C15H16FN3O3S. The number of urea groups is 1. The maximum Gasteiger partial charge on any atom is 0.322 e. The summed E-state index contributed by atoms with van der Waals surface area (Å²) >= 11 is 1.45. The van der Waals surface area contributed by atoms with Crippen LogP contribution in [-0.4, -0.2) is 29.6 Å². The minimum atomic E-state index is -0.667. The Morgan fingerprint density at radius 3 is 2.96 bits per heavy atom. The Bertz CT molecular complexity index is 667. The van der Waals surface area contributed by atoms with Crippen LogP contribution < -0.4 is 16.0 Å². The molecule has 0 saturated carbocycles. The first-order valence-corrected chi connectivity index (χ1v) is 8.35. The van der Waals surface area contributed by atoms with Gasteiger partial charge in [-0.05, 0) is 24.5 Å². The molecule has 0 bridgehead atoms. The van der Waals surface area contributed by atoms with Gasteiger partial charge in [0.15, 0.2) is 0 Å². The topological polar surface area (TPSA) is 87.3 Å². The molecule has 1 fully saturated rings. The number of carbonyl (C=O) groups excluding carboxylic acids is 3. The highest BCUT2D eigenvalue weighted by Gasteiger charge is 2.30. The van der Waals surface area contributed by atoms with Crippen LogP contribution in [0.1, 0.15) is 30.9 Å². The Labute approximate surface area is 136 Å². The lowest BCUT2D eigenvalue weighted by atomic mass is 10.0. The van der Waals surface area contributed by atoms with Crippen molar-refractivity contribution in [3.8, 4) is 0 Å². The van der Waals surface area contributed by atoms with E-state index in [1.165, 1.54) is 17.8 Å². The smallest absolute Gasteiger partial charge is 0.322 e. The predicted octanol–water partition coefficient (Wildman–Crippen LogP) is 1.47. The molecule has 6 nitrogen and oxygen atoms in total. The van der Waals surface area contributed by atoms with E-state index in [1.807, 2.05) is 6.07 Å². The second kappa shape index (κ2) is 6.57. The number of benzene rings is 1. The van der Waals surface area contributed by atoms with E-state index in [1.54, 1.807) is 6.07 Å². The summed E-state index contributed by atoms with van der Waals surface area (Å²) in [5.41, 5.74) is 0.793. The molecule has 1 saturated heterocycles. The quantitative estimate of drug-likeness (QED) is 0.726. The zero-order valence-corrected chi connectivity index (χ0v) is 13.0. The van der Waals surface area contributed by atoms with Gasteiger partial charge in [0.25, 0.3) is 5.91 Å². The lowest BCUT2D eigenvalue weighted by Gasteiger charge is -2.26. The second-order valence-electron chi connectivity index (χ2n) is 5.47. The maximum absolute atomic E-state index is 13.8. The predicted molar refractivity (Wildman–Crippen MR) is 82.3 cm³/mol. The number of amides is 4. The Balaban J connectivity index is 1.58. The minimum absolute atomic E-state index is 0.118. The average molecular weight is 337 g/mol. The summed E-state index contributed by atoms with van der Waals surface area (Å²) < 4.78 is 13.8. The summed E-state index contributed by atoms with van der Waals surface area (Å²) in [6, 6.07) is 3.45. The average Bonchev–Trinajstić information content (AvgIpc) is 2.84. The molecule has 23 heavy (non-hydrogen) atoms. The van der Waals surface area contributed by atoms with E-state index in [0.29, 0.717) is 4.90 Å². The molecule has 4 amide bonds. The van der Waals surface area contributed by atoms with Crippen LogP contribution in [-0.2, 0) is 9.59 Å². The first kappa shape index (κ1) is 15.8. The molecule has 8 heteroatoms. The normalized spacial score (nSPS) is 23.0. The zero-order valence-electron chi connectivity index (χ0n) is 12.2. The van der Waals surface area contributed by atoms with Crippen molar-refractivity contribution < 1.29 is 18.8 Å². The van der Waals surface area contributed by atoms with Crippen molar-refractivity contribution in [2.75, 3.05) is 5.75 Å². The van der Waals surface area contributed by atoms with E-state index in [4.69, 9.17) is 0 Å². The summed E-state index contributed by atoms with van der Waals surface area (Å²) in [4.78, 5) is 35.1. The van der Waals surface area contributed by atoms with E-state index < -0.39 is 18.0 Å². The number of fused-ring (bicyclic) bond motifs is 1. The molecule has 0 spiro atoms. The Morgan fingerprint density at radius 1 is 1.39 bits per heavy atom. The fourth-order valence-electron chi connectivity index (χ4n) is 2.74. The van der Waals surface area contributed by atoms with E-state index in [2.05, 4.69) is 16.0 Å². The van der Waals surface area contributed by atoms with E-state index in [0.717, 1.165) is 17.7 Å². The van der Waals surface area contributed by atoms with Gasteiger partial charge in [-0.1, -0.05) is 12.1 Å². The molecule has 0 aromatic heterocycles. The molecular weight excluding hydrogens is 321 g/mol. The van der Waals surface area contributed by atoms with Gasteiger partial charge in [-0.15, -0.1) is 11.8 Å². The Morgan fingerprint density at radius 2 is 2.22 bits per heavy atom. The molecule has 2 heterocycles. The van der Waals surface area contributed by atoms with E-state index in [9.17, 15) is 18.8 Å². The summed E-state index contributed by atoms with van der Waals surface area (Å²) in [5, 5.41) is 7.47. The summed E-state index contributed by atoms with van der Waals surface area (Å²) in [7, 11) is 0. The number of halogens is 1. The highest BCUT2D eigenvalue weighted by molar-refractivity contribution is 7.99. The second-order valence-corrected chi connectivity index (χ2v) is 6.57. The number of hydrogen-bond donors (Lipinski definition) is 3.